The molecule has 0 saturated carbocycles. The van der Waals surface area contributed by atoms with Gasteiger partial charge in [0.05, 0.1) is 5.56 Å². The van der Waals surface area contributed by atoms with Crippen molar-refractivity contribution in [2.45, 2.75) is 19.1 Å². The van der Waals surface area contributed by atoms with Crippen molar-refractivity contribution in [1.82, 2.24) is 0 Å². The van der Waals surface area contributed by atoms with E-state index in [0.29, 0.717) is 0 Å². The van der Waals surface area contributed by atoms with Crippen LogP contribution in [0.25, 0.3) is 10.8 Å². The molecule has 0 aliphatic heterocycles. The van der Waals surface area contributed by atoms with Gasteiger partial charge in [-0.3, -0.25) is 0 Å². The Balaban J connectivity index is 1.98. The molecule has 0 spiro atoms. The lowest BCUT2D eigenvalue weighted by Gasteiger charge is -2.21. The fourth-order valence-electron chi connectivity index (χ4n) is 2.80. The first-order valence-electron chi connectivity index (χ1n) is 7.37. The first-order valence-corrected chi connectivity index (χ1v) is 7.37. The summed E-state index contributed by atoms with van der Waals surface area (Å²) in [6, 6.07) is 19.0. The molecule has 0 bridgehead atoms. The van der Waals surface area contributed by atoms with Crippen molar-refractivity contribution in [3.8, 4) is 0 Å². The minimum Gasteiger partial charge on any atom is -0.378 e. The standard InChI is InChI=1S/C19H16F3N/c1-13(15-10-6-8-14-7-2-3-9-16(14)15)23-18-12-5-4-11-17(18)19(20,21)22/h2-13,23H,1H3/t13-/m1/s1. The summed E-state index contributed by atoms with van der Waals surface area (Å²) < 4.78 is 39.3. The molecular weight excluding hydrogens is 299 g/mol. The first kappa shape index (κ1) is 15.4. The Hall–Kier alpha value is -2.49. The molecule has 0 unspecified atom stereocenters. The van der Waals surface area contributed by atoms with Gasteiger partial charge in [-0.2, -0.15) is 13.2 Å². The van der Waals surface area contributed by atoms with Crippen molar-refractivity contribution in [3.63, 3.8) is 0 Å². The Morgan fingerprint density at radius 2 is 1.48 bits per heavy atom. The summed E-state index contributed by atoms with van der Waals surface area (Å²) in [5.41, 5.74) is 0.424. The van der Waals surface area contributed by atoms with Crippen molar-refractivity contribution < 1.29 is 13.2 Å². The van der Waals surface area contributed by atoms with E-state index in [1.54, 1.807) is 6.07 Å². The second kappa shape index (κ2) is 5.95. The number of rotatable bonds is 3. The highest BCUT2D eigenvalue weighted by atomic mass is 19.4. The quantitative estimate of drug-likeness (QED) is 0.622. The fraction of sp³-hybridized carbons (Fsp3) is 0.158. The third-order valence-electron chi connectivity index (χ3n) is 3.89. The zero-order chi connectivity index (χ0) is 16.4. The lowest BCUT2D eigenvalue weighted by molar-refractivity contribution is -0.137. The van der Waals surface area contributed by atoms with Crippen LogP contribution in [0.1, 0.15) is 24.1 Å². The van der Waals surface area contributed by atoms with Gasteiger partial charge in [0.1, 0.15) is 0 Å². The number of fused-ring (bicyclic) bond motifs is 1. The predicted octanol–water partition coefficient (Wildman–Crippen LogP) is 6.03. The van der Waals surface area contributed by atoms with Crippen LogP contribution in [-0.4, -0.2) is 0 Å². The van der Waals surface area contributed by atoms with Gasteiger partial charge in [-0.25, -0.2) is 0 Å². The summed E-state index contributed by atoms with van der Waals surface area (Å²) in [7, 11) is 0. The molecule has 3 rings (SSSR count). The molecule has 4 heteroatoms. The highest BCUT2D eigenvalue weighted by Gasteiger charge is 2.33. The largest absolute Gasteiger partial charge is 0.418 e. The third-order valence-corrected chi connectivity index (χ3v) is 3.89. The summed E-state index contributed by atoms with van der Waals surface area (Å²) >= 11 is 0. The van der Waals surface area contributed by atoms with Gasteiger partial charge in [0.15, 0.2) is 0 Å². The summed E-state index contributed by atoms with van der Waals surface area (Å²) in [4.78, 5) is 0. The Labute approximate surface area is 132 Å². The molecule has 1 N–H and O–H groups in total. The number of hydrogen-bond donors (Lipinski definition) is 1. The van der Waals surface area contributed by atoms with Gasteiger partial charge in [0.25, 0.3) is 0 Å². The topological polar surface area (TPSA) is 12.0 Å². The Morgan fingerprint density at radius 1 is 0.826 bits per heavy atom. The van der Waals surface area contributed by atoms with Gasteiger partial charge in [0, 0.05) is 11.7 Å². The predicted molar refractivity (Wildman–Crippen MR) is 87.4 cm³/mol. The third kappa shape index (κ3) is 3.16. The van der Waals surface area contributed by atoms with Gasteiger partial charge in [-0.15, -0.1) is 0 Å². The zero-order valence-corrected chi connectivity index (χ0v) is 12.6. The van der Waals surface area contributed by atoms with E-state index in [-0.39, 0.29) is 11.7 Å². The minimum atomic E-state index is -4.37. The van der Waals surface area contributed by atoms with Crippen molar-refractivity contribution in [2.24, 2.45) is 0 Å². The zero-order valence-electron chi connectivity index (χ0n) is 12.6. The molecule has 0 saturated heterocycles. The van der Waals surface area contributed by atoms with Crippen molar-refractivity contribution in [3.05, 3.63) is 77.9 Å². The molecule has 23 heavy (non-hydrogen) atoms. The lowest BCUT2D eigenvalue weighted by Crippen LogP contribution is -2.13. The second-order valence-corrected chi connectivity index (χ2v) is 5.48. The maximum atomic E-state index is 13.1. The number of para-hydroxylation sites is 1. The Bertz CT molecular complexity index is 819. The average Bonchev–Trinajstić information content (AvgIpc) is 2.54. The van der Waals surface area contributed by atoms with Crippen LogP contribution in [0.3, 0.4) is 0 Å². The van der Waals surface area contributed by atoms with E-state index in [4.69, 9.17) is 0 Å². The minimum absolute atomic E-state index is 0.0976. The molecule has 0 aliphatic rings. The van der Waals surface area contributed by atoms with Crippen LogP contribution < -0.4 is 5.32 Å². The van der Waals surface area contributed by atoms with E-state index in [9.17, 15) is 13.2 Å². The summed E-state index contributed by atoms with van der Waals surface area (Å²) in [5, 5.41) is 5.12. The molecule has 3 aromatic carbocycles. The highest BCUT2D eigenvalue weighted by molar-refractivity contribution is 5.86. The Morgan fingerprint density at radius 3 is 2.26 bits per heavy atom. The molecule has 0 heterocycles. The van der Waals surface area contributed by atoms with Crippen LogP contribution in [-0.2, 0) is 6.18 Å². The first-order chi connectivity index (χ1) is 11.0. The van der Waals surface area contributed by atoms with Crippen LogP contribution >= 0.6 is 0 Å². The monoisotopic (exact) mass is 315 g/mol. The number of benzene rings is 3. The summed E-state index contributed by atoms with van der Waals surface area (Å²) in [5.74, 6) is 0. The van der Waals surface area contributed by atoms with Crippen molar-refractivity contribution in [1.29, 1.82) is 0 Å². The summed E-state index contributed by atoms with van der Waals surface area (Å²) in [6.07, 6.45) is -4.37. The molecule has 0 radical (unpaired) electrons. The van der Waals surface area contributed by atoms with E-state index in [2.05, 4.69) is 5.32 Å². The number of alkyl halides is 3. The lowest BCUT2D eigenvalue weighted by atomic mass is 9.99. The molecule has 0 fully saturated rings. The molecule has 3 aromatic rings. The van der Waals surface area contributed by atoms with Crippen LogP contribution in [0.15, 0.2) is 66.7 Å². The molecule has 1 nitrogen and oxygen atoms in total. The fourth-order valence-corrected chi connectivity index (χ4v) is 2.80. The van der Waals surface area contributed by atoms with E-state index < -0.39 is 11.7 Å². The molecule has 0 aliphatic carbocycles. The maximum Gasteiger partial charge on any atom is 0.418 e. The van der Waals surface area contributed by atoms with Crippen molar-refractivity contribution in [2.75, 3.05) is 5.32 Å². The van der Waals surface area contributed by atoms with Gasteiger partial charge in [0.2, 0.25) is 0 Å². The maximum absolute atomic E-state index is 13.1. The second-order valence-electron chi connectivity index (χ2n) is 5.48. The number of hydrogen-bond acceptors (Lipinski definition) is 1. The average molecular weight is 315 g/mol. The number of nitrogens with one attached hydrogen (secondary N) is 1. The van der Waals surface area contributed by atoms with Gasteiger partial charge in [-0.05, 0) is 35.4 Å². The SMILES string of the molecule is C[C@@H](Nc1ccccc1C(F)(F)F)c1cccc2ccccc12. The van der Waals surface area contributed by atoms with Crippen LogP contribution in [0.4, 0.5) is 18.9 Å². The normalized spacial score (nSPS) is 13.0. The molecular formula is C19H16F3N. The molecule has 0 amide bonds. The highest BCUT2D eigenvalue weighted by Crippen LogP contribution is 2.36. The van der Waals surface area contributed by atoms with Gasteiger partial charge < -0.3 is 5.32 Å². The van der Waals surface area contributed by atoms with Crippen LogP contribution in [0.5, 0.6) is 0 Å². The van der Waals surface area contributed by atoms with Crippen molar-refractivity contribution >= 4 is 16.5 Å². The van der Waals surface area contributed by atoms with Gasteiger partial charge in [-0.1, -0.05) is 54.6 Å². The van der Waals surface area contributed by atoms with Gasteiger partial charge >= 0.3 is 6.18 Å². The van der Waals surface area contributed by atoms with Crippen LogP contribution in [0, 0.1) is 0 Å². The van der Waals surface area contributed by atoms with E-state index in [0.717, 1.165) is 22.4 Å². The molecule has 1 atom stereocenters. The summed E-state index contributed by atoms with van der Waals surface area (Å²) in [6.45, 7) is 1.87. The van der Waals surface area contributed by atoms with E-state index >= 15 is 0 Å². The molecule has 118 valence electrons. The smallest absolute Gasteiger partial charge is 0.378 e. The number of halogens is 3. The van der Waals surface area contributed by atoms with E-state index in [1.165, 1.54) is 12.1 Å². The molecule has 0 aromatic heterocycles. The Kier molecular flexibility index (Phi) is 3.99. The van der Waals surface area contributed by atoms with E-state index in [1.807, 2.05) is 49.4 Å². The number of anilines is 1. The van der Waals surface area contributed by atoms with Crippen LogP contribution in [0.2, 0.25) is 0 Å².